The summed E-state index contributed by atoms with van der Waals surface area (Å²) in [5.41, 5.74) is 2.32. The fourth-order valence-corrected chi connectivity index (χ4v) is 4.90. The molecule has 6 nitrogen and oxygen atoms in total. The molecule has 1 amide bonds. The molecule has 33 heavy (non-hydrogen) atoms. The van der Waals surface area contributed by atoms with Crippen molar-refractivity contribution >= 4 is 57.9 Å². The topological polar surface area (TPSA) is 79.7 Å². The molecule has 1 N–H and O–H groups in total. The van der Waals surface area contributed by atoms with Gasteiger partial charge in [-0.15, -0.1) is 0 Å². The van der Waals surface area contributed by atoms with Gasteiger partial charge in [0.15, 0.2) is 0 Å². The Kier molecular flexibility index (Phi) is 8.15. The number of thioether (sulfide) groups is 1. The Morgan fingerprint density at radius 2 is 1.94 bits per heavy atom. The summed E-state index contributed by atoms with van der Waals surface area (Å²) in [7, 11) is 0. The van der Waals surface area contributed by atoms with Crippen LogP contribution in [0.3, 0.4) is 0 Å². The number of carboxylic acid groups (broad SMARTS) is 1. The van der Waals surface area contributed by atoms with E-state index in [0.717, 1.165) is 22.9 Å². The number of carboxylic acids is 1. The van der Waals surface area contributed by atoms with Gasteiger partial charge in [0.05, 0.1) is 21.7 Å². The number of hydrogen-bond acceptors (Lipinski definition) is 6. The molecule has 2 heterocycles. The second-order valence-corrected chi connectivity index (χ2v) is 10.4. The third-order valence-electron chi connectivity index (χ3n) is 4.81. The highest BCUT2D eigenvalue weighted by Crippen LogP contribution is 2.35. The van der Waals surface area contributed by atoms with Crippen LogP contribution in [-0.4, -0.2) is 43.3 Å². The number of ether oxygens (including phenoxy) is 1. The van der Waals surface area contributed by atoms with E-state index in [1.807, 2.05) is 52.0 Å². The lowest BCUT2D eigenvalue weighted by Crippen LogP contribution is -2.44. The summed E-state index contributed by atoms with van der Waals surface area (Å²) in [6, 6.07) is 8.25. The Morgan fingerprint density at radius 3 is 2.48 bits per heavy atom. The summed E-state index contributed by atoms with van der Waals surface area (Å²) in [5, 5.41) is 10.1. The second-order valence-electron chi connectivity index (χ2n) is 8.32. The van der Waals surface area contributed by atoms with Crippen molar-refractivity contribution in [3.05, 3.63) is 52.2 Å². The monoisotopic (exact) mass is 504 g/mol. The minimum atomic E-state index is -1.06. The SMILES string of the molecule is CC(C)CC(C(=O)O)N1C(=O)C(=Cc2ccc(-c3ccc(OC(C)C)c(Cl)c3)cn2)SC1=S. The maximum absolute atomic E-state index is 12.9. The number of amides is 1. The molecule has 1 aromatic carbocycles. The van der Waals surface area contributed by atoms with Gasteiger partial charge in [-0.25, -0.2) is 4.79 Å². The van der Waals surface area contributed by atoms with Gasteiger partial charge in [-0.1, -0.05) is 61.6 Å². The molecule has 9 heteroatoms. The van der Waals surface area contributed by atoms with Crippen molar-refractivity contribution < 1.29 is 19.4 Å². The zero-order valence-corrected chi connectivity index (χ0v) is 21.1. The number of nitrogens with zero attached hydrogens (tertiary/aromatic N) is 2. The van der Waals surface area contributed by atoms with E-state index in [9.17, 15) is 14.7 Å². The van der Waals surface area contributed by atoms with E-state index >= 15 is 0 Å². The van der Waals surface area contributed by atoms with Gasteiger partial charge in [-0.3, -0.25) is 14.7 Å². The standard InChI is InChI=1S/C24H25ClN2O4S2/c1-13(2)9-19(23(29)30)27-22(28)21(33-24(27)32)11-17-7-5-16(12-26-17)15-6-8-20(18(25)10-15)31-14(3)4/h5-8,10-14,19H,9H2,1-4H3,(H,29,30). The van der Waals surface area contributed by atoms with Gasteiger partial charge in [0.2, 0.25) is 0 Å². The van der Waals surface area contributed by atoms with Crippen LogP contribution >= 0.6 is 35.6 Å². The average Bonchev–Trinajstić information content (AvgIpc) is 3.00. The number of benzene rings is 1. The van der Waals surface area contributed by atoms with Crippen LogP contribution in [0.2, 0.25) is 5.02 Å². The highest BCUT2D eigenvalue weighted by Gasteiger charge is 2.40. The molecule has 0 spiro atoms. The van der Waals surface area contributed by atoms with Crippen molar-refractivity contribution in [1.29, 1.82) is 0 Å². The molecule has 2 aromatic rings. The highest BCUT2D eigenvalue weighted by atomic mass is 35.5. The molecule has 1 aromatic heterocycles. The Balaban J connectivity index is 1.80. The van der Waals surface area contributed by atoms with Crippen LogP contribution in [0.1, 0.15) is 39.8 Å². The Hall–Kier alpha value is -2.42. The quantitative estimate of drug-likeness (QED) is 0.354. The summed E-state index contributed by atoms with van der Waals surface area (Å²) >= 11 is 12.7. The molecule has 1 saturated heterocycles. The largest absolute Gasteiger partial charge is 0.489 e. The fourth-order valence-electron chi connectivity index (χ4n) is 3.34. The van der Waals surface area contributed by atoms with E-state index in [-0.39, 0.29) is 16.3 Å². The Morgan fingerprint density at radius 1 is 1.24 bits per heavy atom. The lowest BCUT2D eigenvalue weighted by molar-refractivity contribution is -0.145. The molecule has 0 aliphatic carbocycles. The van der Waals surface area contributed by atoms with Gasteiger partial charge in [-0.2, -0.15) is 0 Å². The van der Waals surface area contributed by atoms with E-state index in [4.69, 9.17) is 28.6 Å². The summed E-state index contributed by atoms with van der Waals surface area (Å²) in [6.07, 6.45) is 3.67. The van der Waals surface area contributed by atoms with E-state index in [1.54, 1.807) is 18.3 Å². The first-order valence-corrected chi connectivity index (χ1v) is 12.1. The zero-order valence-electron chi connectivity index (χ0n) is 18.7. The van der Waals surface area contributed by atoms with Crippen LogP contribution in [0.15, 0.2) is 41.4 Å². The van der Waals surface area contributed by atoms with Crippen LogP contribution in [0, 0.1) is 5.92 Å². The lowest BCUT2D eigenvalue weighted by Gasteiger charge is -2.24. The van der Waals surface area contributed by atoms with Crippen molar-refractivity contribution in [1.82, 2.24) is 9.88 Å². The van der Waals surface area contributed by atoms with Gasteiger partial charge < -0.3 is 9.84 Å². The predicted octanol–water partition coefficient (Wildman–Crippen LogP) is 5.89. The van der Waals surface area contributed by atoms with E-state index < -0.39 is 17.9 Å². The molecular weight excluding hydrogens is 480 g/mol. The molecule has 3 rings (SSSR count). The normalized spacial score (nSPS) is 16.2. The molecule has 1 aliphatic rings. The molecule has 0 bridgehead atoms. The number of thiocarbonyl (C=S) groups is 1. The molecule has 0 radical (unpaired) electrons. The summed E-state index contributed by atoms with van der Waals surface area (Å²) in [4.78, 5) is 30.6. The highest BCUT2D eigenvalue weighted by molar-refractivity contribution is 8.26. The van der Waals surface area contributed by atoms with Crippen LogP contribution < -0.4 is 4.74 Å². The van der Waals surface area contributed by atoms with Crippen LogP contribution in [0.4, 0.5) is 0 Å². The first-order valence-electron chi connectivity index (χ1n) is 10.5. The summed E-state index contributed by atoms with van der Waals surface area (Å²) in [6.45, 7) is 7.69. The van der Waals surface area contributed by atoms with Crippen molar-refractivity contribution in [2.75, 3.05) is 0 Å². The molecule has 1 unspecified atom stereocenters. The first kappa shape index (κ1) is 25.2. The Labute approximate surface area is 208 Å². The minimum absolute atomic E-state index is 0.0264. The number of pyridine rings is 1. The van der Waals surface area contributed by atoms with Crippen molar-refractivity contribution in [3.63, 3.8) is 0 Å². The average molecular weight is 505 g/mol. The van der Waals surface area contributed by atoms with Gasteiger partial charge in [0.25, 0.3) is 5.91 Å². The van der Waals surface area contributed by atoms with E-state index in [2.05, 4.69) is 4.98 Å². The van der Waals surface area contributed by atoms with Gasteiger partial charge >= 0.3 is 5.97 Å². The number of aromatic nitrogens is 1. The fraction of sp³-hybridized carbons (Fsp3) is 0.333. The van der Waals surface area contributed by atoms with Gasteiger partial charge in [-0.05, 0) is 56.0 Å². The van der Waals surface area contributed by atoms with Crippen LogP contribution in [-0.2, 0) is 9.59 Å². The van der Waals surface area contributed by atoms with Gasteiger partial charge in [0, 0.05) is 11.8 Å². The number of halogens is 1. The zero-order chi connectivity index (χ0) is 24.3. The summed E-state index contributed by atoms with van der Waals surface area (Å²) in [5.74, 6) is -0.740. The molecule has 1 atom stereocenters. The van der Waals surface area contributed by atoms with Crippen molar-refractivity contribution in [2.45, 2.75) is 46.3 Å². The number of carbonyl (C=O) groups is 2. The summed E-state index contributed by atoms with van der Waals surface area (Å²) < 4.78 is 5.91. The minimum Gasteiger partial charge on any atom is -0.489 e. The maximum atomic E-state index is 12.9. The van der Waals surface area contributed by atoms with Crippen molar-refractivity contribution in [2.24, 2.45) is 5.92 Å². The maximum Gasteiger partial charge on any atom is 0.326 e. The Bertz CT molecular complexity index is 1100. The third-order valence-corrected chi connectivity index (χ3v) is 6.43. The smallest absolute Gasteiger partial charge is 0.326 e. The second kappa shape index (κ2) is 10.7. The van der Waals surface area contributed by atoms with Crippen molar-refractivity contribution in [3.8, 4) is 16.9 Å². The molecule has 1 aliphatic heterocycles. The molecule has 174 valence electrons. The van der Waals surface area contributed by atoms with Crippen LogP contribution in [0.25, 0.3) is 17.2 Å². The first-order chi connectivity index (χ1) is 15.6. The molecule has 1 fully saturated rings. The number of aliphatic carboxylic acids is 1. The van der Waals surface area contributed by atoms with E-state index in [0.29, 0.717) is 27.8 Å². The number of carbonyl (C=O) groups excluding carboxylic acids is 1. The number of rotatable bonds is 8. The van der Waals surface area contributed by atoms with Crippen LogP contribution in [0.5, 0.6) is 5.75 Å². The van der Waals surface area contributed by atoms with E-state index in [1.165, 1.54) is 4.90 Å². The number of hydrogen-bond donors (Lipinski definition) is 1. The molecule has 0 saturated carbocycles. The lowest BCUT2D eigenvalue weighted by atomic mass is 10.0. The van der Waals surface area contributed by atoms with Gasteiger partial charge in [0.1, 0.15) is 16.1 Å². The molecular formula is C24H25ClN2O4S2. The third kappa shape index (κ3) is 6.13. The predicted molar refractivity (Wildman–Crippen MR) is 136 cm³/mol.